The van der Waals surface area contributed by atoms with Crippen LogP contribution in [0.5, 0.6) is 0 Å². The van der Waals surface area contributed by atoms with Crippen LogP contribution in [0, 0.1) is 68.0 Å². The van der Waals surface area contributed by atoms with E-state index in [1.165, 1.54) is 6.26 Å². The molecule has 1 N–H and O–H groups in total. The van der Waals surface area contributed by atoms with E-state index in [4.69, 9.17) is 10.1 Å². The molecule has 0 aromatic heterocycles. The first kappa shape index (κ1) is 18.4. The first-order valence-electron chi connectivity index (χ1n) is 7.39. The summed E-state index contributed by atoms with van der Waals surface area (Å²) >= 11 is 0. The second-order valence-corrected chi connectivity index (χ2v) is 6.12. The molecule has 0 saturated heterocycles. The number of nitrogens with zero attached hydrogens (tertiary/aromatic N) is 3. The van der Waals surface area contributed by atoms with Gasteiger partial charge in [0.15, 0.2) is 5.41 Å². The summed E-state index contributed by atoms with van der Waals surface area (Å²) in [7, 11) is 0. The highest BCUT2D eigenvalue weighted by Gasteiger charge is 2.70. The summed E-state index contributed by atoms with van der Waals surface area (Å²) in [5.74, 6) is -2.29. The molecule has 6 nitrogen and oxygen atoms in total. The van der Waals surface area contributed by atoms with E-state index in [1.54, 1.807) is 19.9 Å². The highest BCUT2D eigenvalue weighted by molar-refractivity contribution is 6.05. The van der Waals surface area contributed by atoms with Crippen molar-refractivity contribution in [1.82, 2.24) is 0 Å². The van der Waals surface area contributed by atoms with Crippen LogP contribution in [0.3, 0.4) is 0 Å². The van der Waals surface area contributed by atoms with E-state index in [2.05, 4.69) is 0 Å². The number of nitriles is 3. The van der Waals surface area contributed by atoms with Gasteiger partial charge < -0.3 is 14.9 Å². The number of allylic oxidation sites excluding steroid dienone is 1. The number of nitrogens with one attached hydrogen (secondary N) is 1. The fourth-order valence-electron chi connectivity index (χ4n) is 3.26. The second-order valence-electron chi connectivity index (χ2n) is 6.12. The summed E-state index contributed by atoms with van der Waals surface area (Å²) in [6.45, 7) is 6.90. The van der Waals surface area contributed by atoms with Crippen molar-refractivity contribution in [3.63, 3.8) is 0 Å². The van der Waals surface area contributed by atoms with Gasteiger partial charge in [-0.1, -0.05) is 13.8 Å². The van der Waals surface area contributed by atoms with Gasteiger partial charge >= 0.3 is 0 Å². The lowest BCUT2D eigenvalue weighted by Crippen LogP contribution is -2.45. The minimum absolute atomic E-state index is 0.0575. The van der Waals surface area contributed by atoms with Crippen molar-refractivity contribution in [1.29, 1.82) is 21.2 Å². The first-order chi connectivity index (χ1) is 10.8. The summed E-state index contributed by atoms with van der Waals surface area (Å²) < 4.78 is 5.32. The van der Waals surface area contributed by atoms with Gasteiger partial charge in [-0.2, -0.15) is 15.8 Å². The van der Waals surface area contributed by atoms with Crippen molar-refractivity contribution in [2.75, 3.05) is 0 Å². The van der Waals surface area contributed by atoms with E-state index in [1.807, 2.05) is 32.1 Å². The Labute approximate surface area is 136 Å². The monoisotopic (exact) mass is 312 g/mol. The number of carbonyl (C=O) groups is 1. The number of hydrogen-bond donors (Lipinski definition) is 1. The van der Waals surface area contributed by atoms with Gasteiger partial charge in [0.1, 0.15) is 11.7 Å². The molecule has 0 spiro atoms. The molecule has 0 unspecified atom stereocenters. The van der Waals surface area contributed by atoms with Gasteiger partial charge in [0.2, 0.25) is 0 Å². The van der Waals surface area contributed by atoms with Gasteiger partial charge in [0.25, 0.3) is 0 Å². The third-order valence-electron chi connectivity index (χ3n) is 4.68. The molecule has 1 aliphatic carbocycles. The average molecular weight is 312 g/mol. The van der Waals surface area contributed by atoms with Crippen molar-refractivity contribution in [3.05, 3.63) is 12.3 Å². The van der Waals surface area contributed by atoms with Gasteiger partial charge in [-0.3, -0.25) is 0 Å². The normalized spacial score (nSPS) is 30.4. The van der Waals surface area contributed by atoms with E-state index in [0.29, 0.717) is 6.29 Å². The highest BCUT2D eigenvalue weighted by Crippen LogP contribution is 2.59. The van der Waals surface area contributed by atoms with Gasteiger partial charge in [-0.05, 0) is 19.9 Å². The SMILES string of the molecule is CC(C)O/C=C/[C@H](C)[C@]1(C#N)C(=N)[C@@H](C=O)[C@@H](C)C1(C#N)C#N. The van der Waals surface area contributed by atoms with Crippen LogP contribution >= 0.6 is 0 Å². The first-order valence-corrected chi connectivity index (χ1v) is 7.39. The maximum atomic E-state index is 11.4. The Morgan fingerprint density at radius 3 is 2.17 bits per heavy atom. The molecule has 0 radical (unpaired) electrons. The Bertz CT molecular complexity index is 633. The quantitative estimate of drug-likeness (QED) is 0.617. The fourth-order valence-corrected chi connectivity index (χ4v) is 3.26. The lowest BCUT2D eigenvalue weighted by atomic mass is 9.59. The van der Waals surface area contributed by atoms with E-state index >= 15 is 0 Å². The molecule has 120 valence electrons. The standard InChI is InChI=1S/C17H20N4O2/c1-11(2)23-6-5-12(3)17(10-20)15(21)14(7-22)13(4)16(17,8-18)9-19/h5-7,11-14,21H,1-4H3/b6-5+,21-15?/t12-,13+,14-,17+/m0/s1. The largest absolute Gasteiger partial charge is 0.499 e. The molecule has 0 aromatic rings. The van der Waals surface area contributed by atoms with Crippen molar-refractivity contribution in [2.24, 2.45) is 28.6 Å². The molecule has 0 heterocycles. The molecule has 0 aromatic carbocycles. The Morgan fingerprint density at radius 2 is 1.78 bits per heavy atom. The van der Waals surface area contributed by atoms with E-state index in [0.717, 1.165) is 0 Å². The zero-order valence-corrected chi connectivity index (χ0v) is 13.7. The molecule has 0 aliphatic heterocycles. The maximum absolute atomic E-state index is 11.4. The van der Waals surface area contributed by atoms with Crippen LogP contribution in [0.25, 0.3) is 0 Å². The molecule has 1 saturated carbocycles. The van der Waals surface area contributed by atoms with Gasteiger partial charge in [0.05, 0.1) is 36.5 Å². The van der Waals surface area contributed by atoms with E-state index in [-0.39, 0.29) is 11.8 Å². The molecular formula is C17H20N4O2. The molecular weight excluding hydrogens is 292 g/mol. The lowest BCUT2D eigenvalue weighted by molar-refractivity contribution is -0.110. The average Bonchev–Trinajstić information content (AvgIpc) is 2.70. The van der Waals surface area contributed by atoms with Crippen molar-refractivity contribution in [3.8, 4) is 18.2 Å². The third kappa shape index (κ3) is 2.39. The maximum Gasteiger partial charge on any atom is 0.171 e. The second kappa shape index (κ2) is 6.63. The van der Waals surface area contributed by atoms with E-state index < -0.39 is 28.6 Å². The van der Waals surface area contributed by atoms with Crippen LogP contribution in [-0.4, -0.2) is 18.1 Å². The Hall–Kier alpha value is -2.65. The fraction of sp³-hybridized carbons (Fsp3) is 0.588. The molecule has 4 atom stereocenters. The Kier molecular flexibility index (Phi) is 5.30. The smallest absolute Gasteiger partial charge is 0.171 e. The third-order valence-corrected chi connectivity index (χ3v) is 4.68. The zero-order valence-electron chi connectivity index (χ0n) is 13.7. The van der Waals surface area contributed by atoms with Gasteiger partial charge in [-0.25, -0.2) is 0 Å². The van der Waals surface area contributed by atoms with Crippen molar-refractivity contribution in [2.45, 2.75) is 33.8 Å². The van der Waals surface area contributed by atoms with E-state index in [9.17, 15) is 20.6 Å². The Morgan fingerprint density at radius 1 is 1.22 bits per heavy atom. The van der Waals surface area contributed by atoms with Crippen molar-refractivity contribution >= 4 is 12.0 Å². The number of aldehydes is 1. The minimum atomic E-state index is -1.76. The number of ether oxygens (including phenoxy) is 1. The van der Waals surface area contributed by atoms with Crippen LogP contribution in [0.1, 0.15) is 27.7 Å². The van der Waals surface area contributed by atoms with Crippen LogP contribution < -0.4 is 0 Å². The van der Waals surface area contributed by atoms with Crippen molar-refractivity contribution < 1.29 is 9.53 Å². The molecule has 1 aliphatic rings. The molecule has 6 heteroatoms. The summed E-state index contributed by atoms with van der Waals surface area (Å²) in [6, 6.07) is 5.89. The molecule has 23 heavy (non-hydrogen) atoms. The molecule has 1 fully saturated rings. The molecule has 0 amide bonds. The van der Waals surface area contributed by atoms with Gasteiger partial charge in [-0.15, -0.1) is 0 Å². The van der Waals surface area contributed by atoms with Crippen LogP contribution in [-0.2, 0) is 9.53 Å². The number of carbonyl (C=O) groups excluding carboxylic acids is 1. The predicted octanol–water partition coefficient (Wildman–Crippen LogP) is 2.59. The Balaban J connectivity index is 3.51. The molecule has 1 rings (SSSR count). The molecule has 0 bridgehead atoms. The summed E-state index contributed by atoms with van der Waals surface area (Å²) in [5.41, 5.74) is -3.61. The van der Waals surface area contributed by atoms with Gasteiger partial charge in [0, 0.05) is 17.5 Å². The minimum Gasteiger partial charge on any atom is -0.499 e. The summed E-state index contributed by atoms with van der Waals surface area (Å²) in [4.78, 5) is 11.4. The highest BCUT2D eigenvalue weighted by atomic mass is 16.5. The lowest BCUT2D eigenvalue weighted by Gasteiger charge is -2.35. The van der Waals surface area contributed by atoms with Crippen LogP contribution in [0.15, 0.2) is 12.3 Å². The van der Waals surface area contributed by atoms with Crippen LogP contribution in [0.4, 0.5) is 0 Å². The summed E-state index contributed by atoms with van der Waals surface area (Å²) in [6.07, 6.45) is 3.48. The van der Waals surface area contributed by atoms with Crippen LogP contribution in [0.2, 0.25) is 0 Å². The predicted molar refractivity (Wildman–Crippen MR) is 82.7 cm³/mol. The number of rotatable bonds is 5. The zero-order chi connectivity index (χ0) is 17.8. The topological polar surface area (TPSA) is 122 Å². The number of hydrogen-bond acceptors (Lipinski definition) is 6. The summed E-state index contributed by atoms with van der Waals surface area (Å²) in [5, 5.41) is 37.4.